The van der Waals surface area contributed by atoms with E-state index >= 15 is 0 Å². The van der Waals surface area contributed by atoms with Crippen LogP contribution in [-0.2, 0) is 17.3 Å². The van der Waals surface area contributed by atoms with Gasteiger partial charge in [-0.3, -0.25) is 9.59 Å². The molecule has 1 aliphatic carbocycles. The zero-order valence-electron chi connectivity index (χ0n) is 23.2. The van der Waals surface area contributed by atoms with Gasteiger partial charge in [0.1, 0.15) is 11.6 Å². The van der Waals surface area contributed by atoms with Gasteiger partial charge < -0.3 is 9.32 Å². The van der Waals surface area contributed by atoms with E-state index in [-0.39, 0.29) is 34.3 Å². The summed E-state index contributed by atoms with van der Waals surface area (Å²) >= 11 is 0. The van der Waals surface area contributed by atoms with Crippen molar-refractivity contribution in [2.45, 2.75) is 77.6 Å². The quantitative estimate of drug-likeness (QED) is 0.333. The zero-order valence-corrected chi connectivity index (χ0v) is 23.2. The Bertz CT molecular complexity index is 1360. The first kappa shape index (κ1) is 26.4. The van der Waals surface area contributed by atoms with Crippen LogP contribution in [0, 0.1) is 18.7 Å². The fourth-order valence-corrected chi connectivity index (χ4v) is 6.08. The molecule has 0 radical (unpaired) electrons. The minimum Gasteiger partial charge on any atom is -0.456 e. The standard InChI is InChI=1S/C33H38FNO3/c1-21-18-27-28(33(4,5)15-14-32(27,2)3)20-24(21)19-26-10-11-29(38-26)31(37)35-16-12-23(13-17-35)30(36)22-6-8-25(34)9-7-22/h6-11,18,20,23H,12-17,19H2,1-5H3. The van der Waals surface area contributed by atoms with E-state index in [4.69, 9.17) is 4.42 Å². The van der Waals surface area contributed by atoms with Crippen LogP contribution in [0.15, 0.2) is 52.9 Å². The average molecular weight is 516 g/mol. The molecule has 1 fully saturated rings. The van der Waals surface area contributed by atoms with E-state index < -0.39 is 0 Å². The Labute approximate surface area is 225 Å². The van der Waals surface area contributed by atoms with Gasteiger partial charge in [-0.25, -0.2) is 4.39 Å². The number of benzene rings is 2. The summed E-state index contributed by atoms with van der Waals surface area (Å²) in [6, 6.07) is 14.1. The molecule has 2 heterocycles. The molecule has 0 spiro atoms. The van der Waals surface area contributed by atoms with Crippen molar-refractivity contribution in [2.24, 2.45) is 5.92 Å². The molecule has 0 unspecified atom stereocenters. The number of ketones is 1. The predicted molar refractivity (Wildman–Crippen MR) is 147 cm³/mol. The van der Waals surface area contributed by atoms with Gasteiger partial charge in [-0.2, -0.15) is 0 Å². The molecular formula is C33H38FNO3. The molecule has 4 nitrogen and oxygen atoms in total. The maximum absolute atomic E-state index is 13.2. The van der Waals surface area contributed by atoms with Crippen LogP contribution in [-0.4, -0.2) is 29.7 Å². The number of carbonyl (C=O) groups excluding carboxylic acids is 2. The van der Waals surface area contributed by atoms with Crippen molar-refractivity contribution in [3.05, 3.63) is 93.7 Å². The SMILES string of the molecule is Cc1cc2c(cc1Cc1ccc(C(=O)N3CCC(C(=O)c4ccc(F)cc4)CC3)o1)C(C)(C)CCC2(C)C. The molecule has 0 bridgehead atoms. The Morgan fingerprint density at radius 1 is 0.921 bits per heavy atom. The number of amides is 1. The van der Waals surface area contributed by atoms with Gasteiger partial charge in [0, 0.05) is 31.0 Å². The first-order valence-corrected chi connectivity index (χ1v) is 13.8. The molecule has 1 saturated heterocycles. The van der Waals surface area contributed by atoms with Crippen molar-refractivity contribution in [1.82, 2.24) is 4.90 Å². The Kier molecular flexibility index (Phi) is 6.83. The lowest BCUT2D eigenvalue weighted by molar-refractivity contribution is 0.0623. The van der Waals surface area contributed by atoms with Crippen LogP contribution >= 0.6 is 0 Å². The van der Waals surface area contributed by atoms with Crippen molar-refractivity contribution in [3.63, 3.8) is 0 Å². The van der Waals surface area contributed by atoms with Crippen LogP contribution in [0.5, 0.6) is 0 Å². The second-order valence-electron chi connectivity index (χ2n) is 12.5. The number of carbonyl (C=O) groups is 2. The van der Waals surface area contributed by atoms with Crippen molar-refractivity contribution in [1.29, 1.82) is 0 Å². The normalized spacial score (nSPS) is 18.7. The first-order valence-electron chi connectivity index (χ1n) is 13.8. The molecule has 0 N–H and O–H groups in total. The fraction of sp³-hybridized carbons (Fsp3) is 0.455. The van der Waals surface area contributed by atoms with E-state index in [1.165, 1.54) is 59.4 Å². The van der Waals surface area contributed by atoms with Crippen molar-refractivity contribution < 1.29 is 18.4 Å². The molecule has 5 rings (SSSR count). The van der Waals surface area contributed by atoms with E-state index in [2.05, 4.69) is 46.8 Å². The minimum atomic E-state index is -0.352. The zero-order chi connectivity index (χ0) is 27.2. The number of hydrogen-bond acceptors (Lipinski definition) is 3. The number of furan rings is 1. The van der Waals surface area contributed by atoms with Gasteiger partial charge in [0.15, 0.2) is 11.5 Å². The summed E-state index contributed by atoms with van der Waals surface area (Å²) in [6.07, 6.45) is 4.19. The molecule has 1 aromatic heterocycles. The first-order chi connectivity index (χ1) is 17.9. The van der Waals surface area contributed by atoms with Gasteiger partial charge in [0.2, 0.25) is 0 Å². The summed E-state index contributed by atoms with van der Waals surface area (Å²) < 4.78 is 19.3. The molecule has 5 heteroatoms. The number of Topliss-reactive ketones (excluding diaryl/α,β-unsaturated/α-hetero) is 1. The highest BCUT2D eigenvalue weighted by atomic mass is 19.1. The lowest BCUT2D eigenvalue weighted by Crippen LogP contribution is -2.40. The van der Waals surface area contributed by atoms with E-state index in [9.17, 15) is 14.0 Å². The summed E-state index contributed by atoms with van der Waals surface area (Å²) in [6.45, 7) is 12.5. The lowest BCUT2D eigenvalue weighted by atomic mass is 9.62. The Balaban J connectivity index is 1.25. The van der Waals surface area contributed by atoms with Gasteiger partial charge in [-0.05, 0) is 102 Å². The number of aryl methyl sites for hydroxylation is 1. The second kappa shape index (κ2) is 9.83. The third-order valence-corrected chi connectivity index (χ3v) is 8.83. The van der Waals surface area contributed by atoms with Crippen LogP contribution in [0.2, 0.25) is 0 Å². The fourth-order valence-electron chi connectivity index (χ4n) is 6.08. The summed E-state index contributed by atoms with van der Waals surface area (Å²) in [5.74, 6) is 0.511. The van der Waals surface area contributed by atoms with Gasteiger partial charge in [0.05, 0.1) is 0 Å². The van der Waals surface area contributed by atoms with E-state index in [0.717, 1.165) is 5.76 Å². The third-order valence-electron chi connectivity index (χ3n) is 8.83. The van der Waals surface area contributed by atoms with Crippen molar-refractivity contribution in [3.8, 4) is 0 Å². The van der Waals surface area contributed by atoms with Crippen LogP contribution in [0.25, 0.3) is 0 Å². The monoisotopic (exact) mass is 515 g/mol. The molecule has 200 valence electrons. The molecule has 1 aliphatic heterocycles. The van der Waals surface area contributed by atoms with E-state index in [1.807, 2.05) is 6.07 Å². The topological polar surface area (TPSA) is 50.5 Å². The Morgan fingerprint density at radius 2 is 1.53 bits per heavy atom. The average Bonchev–Trinajstić information content (AvgIpc) is 3.36. The molecule has 2 aliphatic rings. The number of hydrogen-bond donors (Lipinski definition) is 0. The smallest absolute Gasteiger partial charge is 0.289 e. The highest BCUT2D eigenvalue weighted by Gasteiger charge is 2.37. The summed E-state index contributed by atoms with van der Waals surface area (Å²) in [7, 11) is 0. The molecule has 1 amide bonds. The van der Waals surface area contributed by atoms with Gasteiger partial charge >= 0.3 is 0 Å². The highest BCUT2D eigenvalue weighted by molar-refractivity contribution is 5.98. The maximum Gasteiger partial charge on any atom is 0.289 e. The van der Waals surface area contributed by atoms with Gasteiger partial charge in [-0.15, -0.1) is 0 Å². The Hall–Kier alpha value is -3.21. The largest absolute Gasteiger partial charge is 0.456 e. The number of fused-ring (bicyclic) bond motifs is 1. The lowest BCUT2D eigenvalue weighted by Gasteiger charge is -2.42. The number of nitrogens with zero attached hydrogens (tertiary/aromatic N) is 1. The molecule has 2 aromatic carbocycles. The van der Waals surface area contributed by atoms with Crippen LogP contribution in [0.3, 0.4) is 0 Å². The second-order valence-corrected chi connectivity index (χ2v) is 12.5. The van der Waals surface area contributed by atoms with E-state index in [0.29, 0.717) is 43.7 Å². The summed E-state index contributed by atoms with van der Waals surface area (Å²) in [4.78, 5) is 27.7. The Morgan fingerprint density at radius 3 is 2.16 bits per heavy atom. The van der Waals surface area contributed by atoms with Crippen LogP contribution in [0.4, 0.5) is 4.39 Å². The molecule has 3 aromatic rings. The van der Waals surface area contributed by atoms with Crippen molar-refractivity contribution in [2.75, 3.05) is 13.1 Å². The maximum atomic E-state index is 13.2. The highest BCUT2D eigenvalue weighted by Crippen LogP contribution is 2.46. The minimum absolute atomic E-state index is 0.0179. The van der Waals surface area contributed by atoms with Gasteiger partial charge in [-0.1, -0.05) is 39.8 Å². The predicted octanol–water partition coefficient (Wildman–Crippen LogP) is 7.40. The number of likely N-dealkylation sites (tertiary alicyclic amines) is 1. The molecule has 0 saturated carbocycles. The van der Waals surface area contributed by atoms with Crippen LogP contribution in [0.1, 0.15) is 102 Å². The summed E-state index contributed by atoms with van der Waals surface area (Å²) in [5, 5.41) is 0. The van der Waals surface area contributed by atoms with E-state index in [1.54, 1.807) is 11.0 Å². The molecule has 0 atom stereocenters. The number of rotatable bonds is 5. The molecule has 38 heavy (non-hydrogen) atoms. The van der Waals surface area contributed by atoms with Gasteiger partial charge in [0.25, 0.3) is 5.91 Å². The van der Waals surface area contributed by atoms with Crippen molar-refractivity contribution >= 4 is 11.7 Å². The number of piperidine rings is 1. The summed E-state index contributed by atoms with van der Waals surface area (Å²) in [5.41, 5.74) is 6.21. The number of halogens is 1. The molecular weight excluding hydrogens is 477 g/mol. The third kappa shape index (κ3) is 5.08. The van der Waals surface area contributed by atoms with Crippen LogP contribution < -0.4 is 0 Å².